The predicted octanol–water partition coefficient (Wildman–Crippen LogP) is 3.45. The Morgan fingerprint density at radius 2 is 1.42 bits per heavy atom. The lowest BCUT2D eigenvalue weighted by molar-refractivity contribution is 0.386. The fraction of sp³-hybridized carbons (Fsp3) is 0.350. The Bertz CT molecular complexity index is 592. The first-order valence-corrected chi connectivity index (χ1v) is 8.72. The first kappa shape index (κ1) is 16.5. The molecule has 1 aliphatic carbocycles. The summed E-state index contributed by atoms with van der Waals surface area (Å²) in [4.78, 5) is 7.12. The number of aliphatic imine (C=N–C) groups is 1. The van der Waals surface area contributed by atoms with Crippen LogP contribution in [-0.2, 0) is 13.1 Å². The molecule has 0 heterocycles. The van der Waals surface area contributed by atoms with Gasteiger partial charge in [-0.1, -0.05) is 73.5 Å². The van der Waals surface area contributed by atoms with Gasteiger partial charge in [-0.25, -0.2) is 10.8 Å². The number of nitrogens with one attached hydrogen (secondary N) is 1. The van der Waals surface area contributed by atoms with Crippen LogP contribution >= 0.6 is 0 Å². The largest absolute Gasteiger partial charge is 0.333 e. The third kappa shape index (κ3) is 4.59. The second kappa shape index (κ2) is 8.50. The second-order valence-corrected chi connectivity index (χ2v) is 6.36. The summed E-state index contributed by atoms with van der Waals surface area (Å²) in [7, 11) is 0. The second-order valence-electron chi connectivity index (χ2n) is 6.36. The summed E-state index contributed by atoms with van der Waals surface area (Å²) in [5, 5.41) is 0. The van der Waals surface area contributed by atoms with E-state index < -0.39 is 0 Å². The number of hydrogen-bond acceptors (Lipinski definition) is 2. The van der Waals surface area contributed by atoms with Crippen molar-refractivity contribution in [2.45, 2.75) is 44.8 Å². The van der Waals surface area contributed by atoms with Crippen molar-refractivity contribution in [2.24, 2.45) is 10.8 Å². The van der Waals surface area contributed by atoms with Crippen molar-refractivity contribution in [3.8, 4) is 0 Å². The van der Waals surface area contributed by atoms with Gasteiger partial charge in [0.1, 0.15) is 0 Å². The van der Waals surface area contributed by atoms with Crippen LogP contribution in [-0.4, -0.2) is 16.9 Å². The zero-order chi connectivity index (χ0) is 16.6. The zero-order valence-corrected chi connectivity index (χ0v) is 14.1. The lowest BCUT2D eigenvalue weighted by Crippen LogP contribution is -2.44. The van der Waals surface area contributed by atoms with E-state index in [9.17, 15) is 0 Å². The molecule has 1 fully saturated rings. The zero-order valence-electron chi connectivity index (χ0n) is 14.1. The molecule has 0 radical (unpaired) electrons. The van der Waals surface area contributed by atoms with Gasteiger partial charge in [-0.2, -0.15) is 0 Å². The third-order valence-electron chi connectivity index (χ3n) is 4.49. The Labute approximate surface area is 144 Å². The highest BCUT2D eigenvalue weighted by atomic mass is 15.4. The minimum absolute atomic E-state index is 0.394. The highest BCUT2D eigenvalue weighted by Crippen LogP contribution is 2.21. The van der Waals surface area contributed by atoms with Crippen molar-refractivity contribution in [1.29, 1.82) is 0 Å². The molecule has 2 aromatic rings. The number of hydrogen-bond donors (Lipinski definition) is 2. The van der Waals surface area contributed by atoms with E-state index in [0.29, 0.717) is 6.04 Å². The maximum Gasteiger partial charge on any atom is 0.209 e. The van der Waals surface area contributed by atoms with Crippen molar-refractivity contribution < 1.29 is 0 Å². The van der Waals surface area contributed by atoms with Gasteiger partial charge in [0.15, 0.2) is 0 Å². The van der Waals surface area contributed by atoms with Crippen LogP contribution < -0.4 is 11.3 Å². The SMILES string of the molecule is NNC(=NC1CCCC1)N(Cc1ccccc1)Cc1ccccc1. The molecule has 3 N–H and O–H groups in total. The van der Waals surface area contributed by atoms with Crippen LogP contribution in [0.1, 0.15) is 36.8 Å². The number of rotatable bonds is 5. The Balaban J connectivity index is 1.81. The summed E-state index contributed by atoms with van der Waals surface area (Å²) in [5.41, 5.74) is 5.35. The number of nitrogens with two attached hydrogens (primary N) is 1. The molecule has 4 heteroatoms. The molecule has 4 nitrogen and oxygen atoms in total. The topological polar surface area (TPSA) is 53.6 Å². The van der Waals surface area contributed by atoms with Gasteiger partial charge in [-0.15, -0.1) is 0 Å². The number of hydrazine groups is 1. The van der Waals surface area contributed by atoms with Crippen molar-refractivity contribution in [3.05, 3.63) is 71.8 Å². The summed E-state index contributed by atoms with van der Waals surface area (Å²) in [6.45, 7) is 1.57. The van der Waals surface area contributed by atoms with Crippen molar-refractivity contribution in [1.82, 2.24) is 10.3 Å². The van der Waals surface area contributed by atoms with Gasteiger partial charge in [0, 0.05) is 13.1 Å². The Morgan fingerprint density at radius 3 is 1.88 bits per heavy atom. The molecule has 0 saturated heterocycles. The minimum atomic E-state index is 0.394. The van der Waals surface area contributed by atoms with Crippen LogP contribution in [0.4, 0.5) is 0 Å². The van der Waals surface area contributed by atoms with E-state index in [1.807, 2.05) is 12.1 Å². The van der Waals surface area contributed by atoms with Crippen molar-refractivity contribution >= 4 is 5.96 Å². The molecule has 0 aliphatic heterocycles. The van der Waals surface area contributed by atoms with Gasteiger partial charge in [0.05, 0.1) is 6.04 Å². The lowest BCUT2D eigenvalue weighted by atomic mass is 10.2. The first-order valence-electron chi connectivity index (χ1n) is 8.72. The fourth-order valence-electron chi connectivity index (χ4n) is 3.23. The first-order chi connectivity index (χ1) is 11.8. The van der Waals surface area contributed by atoms with Gasteiger partial charge in [0.2, 0.25) is 5.96 Å². The lowest BCUT2D eigenvalue weighted by Gasteiger charge is -2.27. The van der Waals surface area contributed by atoms with E-state index in [2.05, 4.69) is 58.9 Å². The maximum absolute atomic E-state index is 5.84. The van der Waals surface area contributed by atoms with E-state index in [1.165, 1.54) is 24.0 Å². The molecular formula is C20H26N4. The van der Waals surface area contributed by atoms with Gasteiger partial charge < -0.3 is 4.90 Å². The summed E-state index contributed by atoms with van der Waals surface area (Å²) >= 11 is 0. The number of guanidine groups is 1. The fourth-order valence-corrected chi connectivity index (χ4v) is 3.23. The highest BCUT2D eigenvalue weighted by molar-refractivity contribution is 5.79. The molecule has 126 valence electrons. The van der Waals surface area contributed by atoms with E-state index in [4.69, 9.17) is 10.8 Å². The molecule has 24 heavy (non-hydrogen) atoms. The summed E-state index contributed by atoms with van der Waals surface area (Å²) < 4.78 is 0. The average molecular weight is 322 g/mol. The van der Waals surface area contributed by atoms with Crippen LogP contribution in [0, 0.1) is 0 Å². The molecule has 0 aromatic heterocycles. The molecule has 3 rings (SSSR count). The average Bonchev–Trinajstić information content (AvgIpc) is 3.14. The normalized spacial score (nSPS) is 15.5. The summed E-state index contributed by atoms with van der Waals surface area (Å²) in [6.07, 6.45) is 4.86. The highest BCUT2D eigenvalue weighted by Gasteiger charge is 2.18. The van der Waals surface area contributed by atoms with Crippen LogP contribution in [0.2, 0.25) is 0 Å². The van der Waals surface area contributed by atoms with Crippen molar-refractivity contribution in [2.75, 3.05) is 0 Å². The quantitative estimate of drug-likeness (QED) is 0.384. The molecule has 1 saturated carbocycles. The van der Waals surface area contributed by atoms with E-state index in [0.717, 1.165) is 31.9 Å². The van der Waals surface area contributed by atoms with E-state index in [1.54, 1.807) is 0 Å². The Morgan fingerprint density at radius 1 is 0.917 bits per heavy atom. The minimum Gasteiger partial charge on any atom is -0.333 e. The van der Waals surface area contributed by atoms with Crippen LogP contribution in [0.25, 0.3) is 0 Å². The Kier molecular flexibility index (Phi) is 5.85. The van der Waals surface area contributed by atoms with Gasteiger partial charge >= 0.3 is 0 Å². The molecule has 0 spiro atoms. The maximum atomic E-state index is 5.84. The Hall–Kier alpha value is -2.33. The molecule has 0 atom stereocenters. The van der Waals surface area contributed by atoms with Crippen LogP contribution in [0.5, 0.6) is 0 Å². The smallest absolute Gasteiger partial charge is 0.209 e. The number of benzene rings is 2. The molecular weight excluding hydrogens is 296 g/mol. The third-order valence-corrected chi connectivity index (χ3v) is 4.49. The van der Waals surface area contributed by atoms with E-state index in [-0.39, 0.29) is 0 Å². The standard InChI is InChI=1S/C20H26N4/c21-23-20(22-19-13-7-8-14-19)24(15-17-9-3-1-4-10-17)16-18-11-5-2-6-12-18/h1-6,9-12,19H,7-8,13-16,21H2,(H,22,23). The van der Waals surface area contributed by atoms with Crippen LogP contribution in [0.15, 0.2) is 65.7 Å². The van der Waals surface area contributed by atoms with Crippen LogP contribution in [0.3, 0.4) is 0 Å². The van der Waals surface area contributed by atoms with Gasteiger partial charge in [-0.3, -0.25) is 5.43 Å². The predicted molar refractivity (Wildman–Crippen MR) is 99.1 cm³/mol. The van der Waals surface area contributed by atoms with Gasteiger partial charge in [0.25, 0.3) is 0 Å². The van der Waals surface area contributed by atoms with E-state index >= 15 is 0 Å². The molecule has 0 bridgehead atoms. The molecule has 2 aromatic carbocycles. The van der Waals surface area contributed by atoms with Gasteiger partial charge in [-0.05, 0) is 24.0 Å². The molecule has 0 unspecified atom stereocenters. The molecule has 1 aliphatic rings. The molecule has 0 amide bonds. The summed E-state index contributed by atoms with van der Waals surface area (Å²) in [5.74, 6) is 6.62. The number of nitrogens with zero attached hydrogens (tertiary/aromatic N) is 2. The summed E-state index contributed by atoms with van der Waals surface area (Å²) in [6, 6.07) is 21.3. The van der Waals surface area contributed by atoms with Crippen molar-refractivity contribution in [3.63, 3.8) is 0 Å². The monoisotopic (exact) mass is 322 g/mol.